The molecule has 5 heteroatoms. The molecule has 0 bridgehead atoms. The number of halogens is 1. The molecule has 0 aliphatic rings. The zero-order chi connectivity index (χ0) is 14.5. The molecule has 0 N–H and O–H groups in total. The second-order valence-corrected chi connectivity index (χ2v) is 4.56. The first-order valence-electron chi connectivity index (χ1n) is 6.28. The van der Waals surface area contributed by atoms with Gasteiger partial charge in [-0.25, -0.2) is 0 Å². The maximum Gasteiger partial charge on any atom is 0.239 e. The van der Waals surface area contributed by atoms with Gasteiger partial charge in [0.2, 0.25) is 5.88 Å². The molecule has 0 unspecified atom stereocenters. The third-order valence-corrected chi connectivity index (χ3v) is 2.77. The largest absolute Gasteiger partial charge is 0.457 e. The summed E-state index contributed by atoms with van der Waals surface area (Å²) in [5, 5.41) is 0.282. The van der Waals surface area contributed by atoms with Crippen LogP contribution >= 0.6 is 11.6 Å². The molecule has 0 aliphatic heterocycles. The van der Waals surface area contributed by atoms with Crippen molar-refractivity contribution < 1.29 is 9.47 Å². The maximum absolute atomic E-state index is 5.77. The summed E-state index contributed by atoms with van der Waals surface area (Å²) >= 11 is 5.77. The SMILES string of the molecule is Clc1cncc(Oc2cccc(Oc3ccccc3)c2)n1. The van der Waals surface area contributed by atoms with Gasteiger partial charge in [0.15, 0.2) is 5.15 Å². The molecule has 0 saturated carbocycles. The number of hydrogen-bond donors (Lipinski definition) is 0. The fourth-order valence-electron chi connectivity index (χ4n) is 1.72. The normalized spacial score (nSPS) is 10.1. The Morgan fingerprint density at radius 3 is 2.24 bits per heavy atom. The van der Waals surface area contributed by atoms with Gasteiger partial charge in [0.1, 0.15) is 17.2 Å². The summed E-state index contributed by atoms with van der Waals surface area (Å²) in [6, 6.07) is 16.8. The molecule has 0 atom stereocenters. The smallest absolute Gasteiger partial charge is 0.239 e. The van der Waals surface area contributed by atoms with Crippen molar-refractivity contribution in [3.05, 3.63) is 72.1 Å². The molecular formula is C16H11ClN2O2. The van der Waals surface area contributed by atoms with Crippen LogP contribution in [0.1, 0.15) is 0 Å². The molecule has 0 saturated heterocycles. The first-order chi connectivity index (χ1) is 10.3. The molecule has 104 valence electrons. The molecule has 0 amide bonds. The highest BCUT2D eigenvalue weighted by atomic mass is 35.5. The number of ether oxygens (including phenoxy) is 2. The van der Waals surface area contributed by atoms with Gasteiger partial charge in [-0.15, -0.1) is 0 Å². The van der Waals surface area contributed by atoms with Crippen molar-refractivity contribution in [2.45, 2.75) is 0 Å². The molecule has 3 aromatic rings. The molecule has 2 aromatic carbocycles. The number of nitrogens with zero attached hydrogens (tertiary/aromatic N) is 2. The monoisotopic (exact) mass is 298 g/mol. The van der Waals surface area contributed by atoms with E-state index >= 15 is 0 Å². The fourth-order valence-corrected chi connectivity index (χ4v) is 1.86. The summed E-state index contributed by atoms with van der Waals surface area (Å²) in [5.41, 5.74) is 0. The minimum Gasteiger partial charge on any atom is -0.457 e. The van der Waals surface area contributed by atoms with Crippen molar-refractivity contribution in [3.63, 3.8) is 0 Å². The van der Waals surface area contributed by atoms with Gasteiger partial charge in [0.05, 0.1) is 12.4 Å². The second kappa shape index (κ2) is 6.24. The standard InChI is InChI=1S/C16H11ClN2O2/c17-15-10-18-11-16(19-15)21-14-8-4-7-13(9-14)20-12-5-2-1-3-6-12/h1-11H. The summed E-state index contributed by atoms with van der Waals surface area (Å²) < 4.78 is 11.3. The van der Waals surface area contributed by atoms with Gasteiger partial charge in [-0.3, -0.25) is 4.98 Å². The van der Waals surface area contributed by atoms with E-state index in [1.165, 1.54) is 12.4 Å². The van der Waals surface area contributed by atoms with Crippen molar-refractivity contribution >= 4 is 11.6 Å². The molecule has 0 fully saturated rings. The Hall–Kier alpha value is -2.59. The average molecular weight is 299 g/mol. The molecule has 1 heterocycles. The third kappa shape index (κ3) is 3.70. The van der Waals surface area contributed by atoms with E-state index < -0.39 is 0 Å². The molecule has 0 spiro atoms. The van der Waals surface area contributed by atoms with Crippen LogP contribution < -0.4 is 9.47 Å². The van der Waals surface area contributed by atoms with Crippen LogP contribution in [0.15, 0.2) is 67.0 Å². The zero-order valence-electron chi connectivity index (χ0n) is 10.9. The van der Waals surface area contributed by atoms with Gasteiger partial charge in [0.25, 0.3) is 0 Å². The van der Waals surface area contributed by atoms with Crippen molar-refractivity contribution in [2.24, 2.45) is 0 Å². The lowest BCUT2D eigenvalue weighted by Gasteiger charge is -2.08. The number of hydrogen-bond acceptors (Lipinski definition) is 4. The topological polar surface area (TPSA) is 44.2 Å². The fraction of sp³-hybridized carbons (Fsp3) is 0. The highest BCUT2D eigenvalue weighted by Crippen LogP contribution is 2.27. The van der Waals surface area contributed by atoms with Crippen molar-refractivity contribution in [3.8, 4) is 23.1 Å². The summed E-state index contributed by atoms with van der Waals surface area (Å²) in [4.78, 5) is 7.94. The van der Waals surface area contributed by atoms with E-state index in [9.17, 15) is 0 Å². The molecule has 0 radical (unpaired) electrons. The zero-order valence-corrected chi connectivity index (χ0v) is 11.7. The van der Waals surface area contributed by atoms with Gasteiger partial charge in [-0.05, 0) is 24.3 Å². The van der Waals surface area contributed by atoms with Gasteiger partial charge in [-0.2, -0.15) is 4.98 Å². The van der Waals surface area contributed by atoms with Crippen LogP contribution in [-0.2, 0) is 0 Å². The first kappa shape index (κ1) is 13.4. The Morgan fingerprint density at radius 1 is 0.762 bits per heavy atom. The second-order valence-electron chi connectivity index (χ2n) is 4.17. The van der Waals surface area contributed by atoms with Gasteiger partial charge in [-0.1, -0.05) is 35.9 Å². The Morgan fingerprint density at radius 2 is 1.48 bits per heavy atom. The summed E-state index contributed by atoms with van der Waals surface area (Å²) in [6.07, 6.45) is 2.94. The van der Waals surface area contributed by atoms with Gasteiger partial charge < -0.3 is 9.47 Å². The van der Waals surface area contributed by atoms with E-state index in [0.717, 1.165) is 5.75 Å². The Kier molecular flexibility index (Phi) is 3.98. The first-order valence-corrected chi connectivity index (χ1v) is 6.66. The Balaban J connectivity index is 1.77. The summed E-state index contributed by atoms with van der Waals surface area (Å²) in [7, 11) is 0. The molecule has 3 rings (SSSR count). The maximum atomic E-state index is 5.77. The van der Waals surface area contributed by atoms with E-state index in [2.05, 4.69) is 9.97 Å². The van der Waals surface area contributed by atoms with Crippen molar-refractivity contribution in [1.29, 1.82) is 0 Å². The molecule has 1 aromatic heterocycles. The van der Waals surface area contributed by atoms with E-state index in [0.29, 0.717) is 17.4 Å². The van der Waals surface area contributed by atoms with Crippen molar-refractivity contribution in [2.75, 3.05) is 0 Å². The molecule has 21 heavy (non-hydrogen) atoms. The third-order valence-electron chi connectivity index (χ3n) is 2.59. The lowest BCUT2D eigenvalue weighted by atomic mass is 10.3. The minimum absolute atomic E-state index is 0.282. The van der Waals surface area contributed by atoms with E-state index in [-0.39, 0.29) is 5.15 Å². The number of benzene rings is 2. The number of para-hydroxylation sites is 1. The van der Waals surface area contributed by atoms with Crippen LogP contribution in [0.5, 0.6) is 23.1 Å². The molecule has 4 nitrogen and oxygen atoms in total. The van der Waals surface area contributed by atoms with Crippen molar-refractivity contribution in [1.82, 2.24) is 9.97 Å². The van der Waals surface area contributed by atoms with Crippen LogP contribution in [0.3, 0.4) is 0 Å². The quantitative estimate of drug-likeness (QED) is 0.699. The summed E-state index contributed by atoms with van der Waals surface area (Å²) in [5.74, 6) is 2.37. The van der Waals surface area contributed by atoms with Gasteiger partial charge >= 0.3 is 0 Å². The number of aromatic nitrogens is 2. The van der Waals surface area contributed by atoms with E-state index in [4.69, 9.17) is 21.1 Å². The molecule has 0 aliphatic carbocycles. The van der Waals surface area contributed by atoms with E-state index in [1.807, 2.05) is 42.5 Å². The summed E-state index contributed by atoms with van der Waals surface area (Å²) in [6.45, 7) is 0. The molecular weight excluding hydrogens is 288 g/mol. The van der Waals surface area contributed by atoms with Crippen LogP contribution in [0.4, 0.5) is 0 Å². The predicted octanol–water partition coefficient (Wildman–Crippen LogP) is 4.71. The van der Waals surface area contributed by atoms with Gasteiger partial charge in [0, 0.05) is 6.07 Å². The lowest BCUT2D eigenvalue weighted by molar-refractivity contribution is 0.447. The van der Waals surface area contributed by atoms with Crippen LogP contribution in [-0.4, -0.2) is 9.97 Å². The van der Waals surface area contributed by atoms with Crippen LogP contribution in [0.2, 0.25) is 5.15 Å². The minimum atomic E-state index is 0.282. The lowest BCUT2D eigenvalue weighted by Crippen LogP contribution is -1.90. The highest BCUT2D eigenvalue weighted by Gasteiger charge is 2.03. The van der Waals surface area contributed by atoms with Crippen LogP contribution in [0.25, 0.3) is 0 Å². The Bertz CT molecular complexity index is 735. The predicted molar refractivity (Wildman–Crippen MR) is 80.1 cm³/mol. The number of rotatable bonds is 4. The highest BCUT2D eigenvalue weighted by molar-refractivity contribution is 6.29. The van der Waals surface area contributed by atoms with Crippen LogP contribution in [0, 0.1) is 0 Å². The van der Waals surface area contributed by atoms with E-state index in [1.54, 1.807) is 12.1 Å². The Labute approximate surface area is 127 Å². The average Bonchev–Trinajstić information content (AvgIpc) is 2.49.